The molecule has 2 rings (SSSR count). The topological polar surface area (TPSA) is 58.6 Å². The molecule has 0 fully saturated rings. The number of nitrogens with one attached hydrogen (secondary N) is 1. The van der Waals surface area contributed by atoms with Crippen molar-refractivity contribution >= 4 is 11.7 Å². The van der Waals surface area contributed by atoms with E-state index in [0.717, 1.165) is 16.7 Å². The summed E-state index contributed by atoms with van der Waals surface area (Å²) in [6.07, 6.45) is 0.665. The van der Waals surface area contributed by atoms with Gasteiger partial charge in [-0.1, -0.05) is 19.6 Å². The second kappa shape index (κ2) is 8.54. The third kappa shape index (κ3) is 4.97. The largest absolute Gasteiger partial charge is 0.477 e. The molecule has 0 bridgehead atoms. The molecule has 142 valence electrons. The van der Waals surface area contributed by atoms with E-state index in [1.54, 1.807) is 38.1 Å². The summed E-state index contributed by atoms with van der Waals surface area (Å²) in [5, 5.41) is 12.1. The minimum Gasteiger partial charge on any atom is -0.477 e. The average Bonchev–Trinajstić information content (AvgIpc) is 2.62. The molecule has 2 aromatic carbocycles. The minimum absolute atomic E-state index is 0.0974. The van der Waals surface area contributed by atoms with Gasteiger partial charge in [0.1, 0.15) is 11.4 Å². The Bertz CT molecular complexity index is 912. The van der Waals surface area contributed by atoms with Crippen LogP contribution >= 0.6 is 0 Å². The first kappa shape index (κ1) is 20.2. The molecular formula is C22H24FNO3. The van der Waals surface area contributed by atoms with Crippen molar-refractivity contribution in [3.63, 3.8) is 0 Å². The first-order valence-corrected chi connectivity index (χ1v) is 8.67. The highest BCUT2D eigenvalue weighted by Crippen LogP contribution is 2.30. The third-order valence-corrected chi connectivity index (χ3v) is 4.09. The van der Waals surface area contributed by atoms with Crippen LogP contribution in [0.2, 0.25) is 0 Å². The Morgan fingerprint density at radius 3 is 2.48 bits per heavy atom. The quantitative estimate of drug-likeness (QED) is 0.639. The molecule has 0 aliphatic rings. The van der Waals surface area contributed by atoms with Crippen LogP contribution < -0.4 is 10.1 Å². The highest BCUT2D eigenvalue weighted by molar-refractivity contribution is 5.89. The van der Waals surface area contributed by atoms with Gasteiger partial charge in [-0.15, -0.1) is 0 Å². The molecule has 2 aromatic rings. The Kier molecular flexibility index (Phi) is 6.40. The lowest BCUT2D eigenvalue weighted by Gasteiger charge is -2.16. The zero-order valence-electron chi connectivity index (χ0n) is 16.0. The number of allylic oxidation sites excluding steroid dienone is 1. The monoisotopic (exact) mass is 369 g/mol. The van der Waals surface area contributed by atoms with E-state index in [2.05, 4.69) is 11.9 Å². The Hall–Kier alpha value is -3.08. The van der Waals surface area contributed by atoms with Crippen LogP contribution in [0.15, 0.2) is 54.2 Å². The molecule has 4 nitrogen and oxygen atoms in total. The Morgan fingerprint density at radius 1 is 1.19 bits per heavy atom. The average molecular weight is 369 g/mol. The number of benzene rings is 2. The summed E-state index contributed by atoms with van der Waals surface area (Å²) in [7, 11) is 0. The fraction of sp³-hybridized carbons (Fsp3) is 0.227. The molecule has 0 saturated carbocycles. The third-order valence-electron chi connectivity index (χ3n) is 4.09. The Balaban J connectivity index is 2.30. The lowest BCUT2D eigenvalue weighted by molar-refractivity contribution is -0.133. The van der Waals surface area contributed by atoms with Gasteiger partial charge in [-0.25, -0.2) is 9.18 Å². The van der Waals surface area contributed by atoms with Crippen molar-refractivity contribution in [1.29, 1.82) is 0 Å². The molecule has 0 atom stereocenters. The molecule has 0 radical (unpaired) electrons. The van der Waals surface area contributed by atoms with E-state index < -0.39 is 11.8 Å². The maximum absolute atomic E-state index is 14.0. The molecule has 0 aromatic heterocycles. The van der Waals surface area contributed by atoms with Crippen molar-refractivity contribution in [2.45, 2.75) is 34.1 Å². The summed E-state index contributed by atoms with van der Waals surface area (Å²) in [5.74, 6) is -0.736. The van der Waals surface area contributed by atoms with Gasteiger partial charge in [0, 0.05) is 5.70 Å². The number of ether oxygens (including phenoxy) is 1. The first-order valence-electron chi connectivity index (χ1n) is 8.67. The Morgan fingerprint density at radius 2 is 1.89 bits per heavy atom. The standard InChI is InChI=1S/C22H24FNO3/c1-6-16-12-17(15(5)24-21(13(2)3)22(25)26)8-10-19(16)27-20-11-14(4)7-9-18(20)23/h7-12,24H,5-6H2,1-4H3,(H,25,26). The summed E-state index contributed by atoms with van der Waals surface area (Å²) in [6, 6.07) is 10.1. The van der Waals surface area contributed by atoms with Gasteiger partial charge in [0.05, 0.1) is 0 Å². The molecule has 27 heavy (non-hydrogen) atoms. The van der Waals surface area contributed by atoms with Crippen molar-refractivity contribution in [3.05, 3.63) is 76.8 Å². The fourth-order valence-electron chi connectivity index (χ4n) is 2.57. The van der Waals surface area contributed by atoms with Crippen molar-refractivity contribution in [3.8, 4) is 11.5 Å². The first-order chi connectivity index (χ1) is 12.7. The van der Waals surface area contributed by atoms with E-state index in [9.17, 15) is 14.3 Å². The summed E-state index contributed by atoms with van der Waals surface area (Å²) in [5.41, 5.74) is 3.72. The second-order valence-electron chi connectivity index (χ2n) is 6.50. The molecule has 0 aliphatic heterocycles. The fourth-order valence-corrected chi connectivity index (χ4v) is 2.57. The molecule has 0 amide bonds. The van der Waals surface area contributed by atoms with Crippen LogP contribution in [0.3, 0.4) is 0 Å². The van der Waals surface area contributed by atoms with Crippen LogP contribution in [0.5, 0.6) is 11.5 Å². The summed E-state index contributed by atoms with van der Waals surface area (Å²) < 4.78 is 19.8. The Labute approximate surface area is 159 Å². The predicted octanol–water partition coefficient (Wildman–Crippen LogP) is 5.43. The van der Waals surface area contributed by atoms with E-state index in [1.165, 1.54) is 6.07 Å². The van der Waals surface area contributed by atoms with Gasteiger partial charge in [0.15, 0.2) is 11.6 Å². The molecule has 0 unspecified atom stereocenters. The van der Waals surface area contributed by atoms with Crippen molar-refractivity contribution in [2.75, 3.05) is 0 Å². The normalized spacial score (nSPS) is 10.3. The van der Waals surface area contributed by atoms with Crippen LogP contribution in [-0.2, 0) is 11.2 Å². The van der Waals surface area contributed by atoms with Gasteiger partial charge in [-0.2, -0.15) is 0 Å². The molecule has 2 N–H and O–H groups in total. The minimum atomic E-state index is -1.04. The summed E-state index contributed by atoms with van der Waals surface area (Å²) >= 11 is 0. The summed E-state index contributed by atoms with van der Waals surface area (Å²) in [4.78, 5) is 11.3. The number of aliphatic carboxylic acids is 1. The molecule has 0 heterocycles. The number of carboxylic acid groups (broad SMARTS) is 1. The lowest BCUT2D eigenvalue weighted by atomic mass is 10.0. The maximum Gasteiger partial charge on any atom is 0.352 e. The van der Waals surface area contributed by atoms with Crippen LogP contribution in [0.1, 0.15) is 37.5 Å². The smallest absolute Gasteiger partial charge is 0.352 e. The zero-order valence-corrected chi connectivity index (χ0v) is 16.0. The van der Waals surface area contributed by atoms with Gasteiger partial charge < -0.3 is 15.2 Å². The zero-order chi connectivity index (χ0) is 20.1. The number of aryl methyl sites for hydroxylation is 2. The van der Waals surface area contributed by atoms with E-state index in [0.29, 0.717) is 23.4 Å². The summed E-state index contributed by atoms with van der Waals surface area (Å²) in [6.45, 7) is 11.2. The maximum atomic E-state index is 14.0. The van der Waals surface area contributed by atoms with Crippen LogP contribution in [-0.4, -0.2) is 11.1 Å². The number of carbonyl (C=O) groups is 1. The number of halogens is 1. The SMILES string of the molecule is C=C(NC(C(=O)O)=C(C)C)c1ccc(Oc2cc(C)ccc2F)c(CC)c1. The van der Waals surface area contributed by atoms with Crippen LogP contribution in [0.4, 0.5) is 4.39 Å². The molecule has 0 aliphatic carbocycles. The molecule has 5 heteroatoms. The number of hydrogen-bond donors (Lipinski definition) is 2. The number of hydrogen-bond acceptors (Lipinski definition) is 3. The van der Waals surface area contributed by atoms with Crippen molar-refractivity contribution in [1.82, 2.24) is 5.32 Å². The van der Waals surface area contributed by atoms with E-state index in [4.69, 9.17) is 4.74 Å². The number of carboxylic acids is 1. The number of rotatable bonds is 7. The van der Waals surface area contributed by atoms with E-state index in [-0.39, 0.29) is 11.4 Å². The van der Waals surface area contributed by atoms with Crippen LogP contribution in [0.25, 0.3) is 5.70 Å². The van der Waals surface area contributed by atoms with Gasteiger partial charge in [0.2, 0.25) is 0 Å². The molecular weight excluding hydrogens is 345 g/mol. The van der Waals surface area contributed by atoms with Crippen molar-refractivity contribution in [2.24, 2.45) is 0 Å². The molecule has 0 spiro atoms. The van der Waals surface area contributed by atoms with Gasteiger partial charge in [0.25, 0.3) is 0 Å². The highest BCUT2D eigenvalue weighted by atomic mass is 19.1. The van der Waals surface area contributed by atoms with Gasteiger partial charge in [-0.05, 0) is 79.8 Å². The van der Waals surface area contributed by atoms with E-state index >= 15 is 0 Å². The molecule has 0 saturated heterocycles. The highest BCUT2D eigenvalue weighted by Gasteiger charge is 2.13. The second-order valence-corrected chi connectivity index (χ2v) is 6.50. The van der Waals surface area contributed by atoms with Crippen molar-refractivity contribution < 1.29 is 19.0 Å². The lowest BCUT2D eigenvalue weighted by Crippen LogP contribution is -2.20. The van der Waals surface area contributed by atoms with Gasteiger partial charge in [-0.3, -0.25) is 0 Å². The van der Waals surface area contributed by atoms with E-state index in [1.807, 2.05) is 19.9 Å². The van der Waals surface area contributed by atoms with Gasteiger partial charge >= 0.3 is 5.97 Å². The predicted molar refractivity (Wildman–Crippen MR) is 105 cm³/mol. The van der Waals surface area contributed by atoms with Crippen LogP contribution in [0, 0.1) is 12.7 Å².